The van der Waals surface area contributed by atoms with Gasteiger partial charge in [0.05, 0.1) is 6.61 Å². The average molecular weight is 219 g/mol. The van der Waals surface area contributed by atoms with Crippen LogP contribution in [-0.4, -0.2) is 19.7 Å². The highest BCUT2D eigenvalue weighted by Gasteiger charge is 2.12. The number of benzene rings is 1. The van der Waals surface area contributed by atoms with Gasteiger partial charge in [0.25, 0.3) is 0 Å². The summed E-state index contributed by atoms with van der Waals surface area (Å²) < 4.78 is 5.77. The molecule has 1 aliphatic rings. The van der Waals surface area contributed by atoms with E-state index in [4.69, 9.17) is 4.74 Å². The number of hydrogen-bond donors (Lipinski definition) is 1. The van der Waals surface area contributed by atoms with Gasteiger partial charge in [-0.15, -0.1) is 0 Å². The monoisotopic (exact) mass is 219 g/mol. The molecule has 1 aliphatic heterocycles. The molecule has 1 fully saturated rings. The second-order valence-electron chi connectivity index (χ2n) is 4.65. The molecule has 16 heavy (non-hydrogen) atoms. The number of aryl methyl sites for hydroxylation is 1. The summed E-state index contributed by atoms with van der Waals surface area (Å²) in [6.45, 7) is 5.30. The number of piperidine rings is 1. The Hall–Kier alpha value is -1.02. The van der Waals surface area contributed by atoms with Gasteiger partial charge in [0, 0.05) is 0 Å². The first-order valence-corrected chi connectivity index (χ1v) is 6.25. The lowest BCUT2D eigenvalue weighted by molar-refractivity contribution is 0.252. The number of hydrogen-bond acceptors (Lipinski definition) is 2. The summed E-state index contributed by atoms with van der Waals surface area (Å²) in [5.41, 5.74) is 1.26. The molecule has 1 heterocycles. The third-order valence-electron chi connectivity index (χ3n) is 3.24. The van der Waals surface area contributed by atoms with Gasteiger partial charge in [0.15, 0.2) is 0 Å². The summed E-state index contributed by atoms with van der Waals surface area (Å²) in [6.07, 6.45) is 3.80. The minimum absolute atomic E-state index is 0.853. The maximum atomic E-state index is 5.77. The van der Waals surface area contributed by atoms with Crippen molar-refractivity contribution in [3.05, 3.63) is 29.8 Å². The van der Waals surface area contributed by atoms with E-state index in [2.05, 4.69) is 30.4 Å². The molecule has 88 valence electrons. The standard InChI is InChI=1S/C14H21NO/c1-12-3-2-4-14(11-12)16-10-7-13-5-8-15-9-6-13/h2-4,11,13,15H,5-10H2,1H3. The van der Waals surface area contributed by atoms with Gasteiger partial charge >= 0.3 is 0 Å². The lowest BCUT2D eigenvalue weighted by Crippen LogP contribution is -2.28. The van der Waals surface area contributed by atoms with Crippen LogP contribution < -0.4 is 10.1 Å². The Balaban J connectivity index is 1.71. The Labute approximate surface area is 98.0 Å². The zero-order chi connectivity index (χ0) is 11.2. The smallest absolute Gasteiger partial charge is 0.119 e. The summed E-state index contributed by atoms with van der Waals surface area (Å²) >= 11 is 0. The predicted octanol–water partition coefficient (Wildman–Crippen LogP) is 2.76. The highest BCUT2D eigenvalue weighted by molar-refractivity contribution is 5.27. The molecule has 2 rings (SSSR count). The fourth-order valence-corrected chi connectivity index (χ4v) is 2.22. The summed E-state index contributed by atoms with van der Waals surface area (Å²) in [6, 6.07) is 8.28. The maximum Gasteiger partial charge on any atom is 0.119 e. The van der Waals surface area contributed by atoms with Crippen LogP contribution >= 0.6 is 0 Å². The van der Waals surface area contributed by atoms with Crippen molar-refractivity contribution in [1.29, 1.82) is 0 Å². The highest BCUT2D eigenvalue weighted by Crippen LogP contribution is 2.17. The van der Waals surface area contributed by atoms with Gasteiger partial charge in [-0.2, -0.15) is 0 Å². The molecule has 1 saturated heterocycles. The van der Waals surface area contributed by atoms with E-state index in [1.165, 1.54) is 37.9 Å². The molecule has 0 unspecified atom stereocenters. The maximum absolute atomic E-state index is 5.77. The molecule has 0 radical (unpaired) electrons. The summed E-state index contributed by atoms with van der Waals surface area (Å²) in [4.78, 5) is 0. The van der Waals surface area contributed by atoms with Crippen LogP contribution in [0.25, 0.3) is 0 Å². The van der Waals surface area contributed by atoms with Crippen molar-refractivity contribution in [3.8, 4) is 5.75 Å². The van der Waals surface area contributed by atoms with Crippen molar-refractivity contribution in [2.45, 2.75) is 26.2 Å². The van der Waals surface area contributed by atoms with E-state index in [-0.39, 0.29) is 0 Å². The Kier molecular flexibility index (Phi) is 4.23. The van der Waals surface area contributed by atoms with E-state index < -0.39 is 0 Å². The van der Waals surface area contributed by atoms with Crippen LogP contribution in [0.15, 0.2) is 24.3 Å². The molecule has 0 amide bonds. The Morgan fingerprint density at radius 2 is 2.12 bits per heavy atom. The van der Waals surface area contributed by atoms with Crippen molar-refractivity contribution in [3.63, 3.8) is 0 Å². The van der Waals surface area contributed by atoms with E-state index >= 15 is 0 Å². The van der Waals surface area contributed by atoms with Gasteiger partial charge in [-0.25, -0.2) is 0 Å². The number of nitrogens with one attached hydrogen (secondary N) is 1. The predicted molar refractivity (Wildman–Crippen MR) is 66.9 cm³/mol. The number of ether oxygens (including phenoxy) is 1. The van der Waals surface area contributed by atoms with Gasteiger partial charge in [0.1, 0.15) is 5.75 Å². The van der Waals surface area contributed by atoms with Gasteiger partial charge in [-0.1, -0.05) is 12.1 Å². The molecule has 0 aliphatic carbocycles. The summed E-state index contributed by atoms with van der Waals surface area (Å²) in [5.74, 6) is 1.86. The zero-order valence-corrected chi connectivity index (χ0v) is 10.0. The molecule has 0 bridgehead atoms. The summed E-state index contributed by atoms with van der Waals surface area (Å²) in [5, 5.41) is 3.39. The van der Waals surface area contributed by atoms with Crippen molar-refractivity contribution in [2.75, 3.05) is 19.7 Å². The third kappa shape index (κ3) is 3.53. The quantitative estimate of drug-likeness (QED) is 0.840. The Morgan fingerprint density at radius 1 is 1.31 bits per heavy atom. The second-order valence-corrected chi connectivity index (χ2v) is 4.65. The second kappa shape index (κ2) is 5.90. The first-order valence-electron chi connectivity index (χ1n) is 6.25. The van der Waals surface area contributed by atoms with E-state index in [1.54, 1.807) is 0 Å². The van der Waals surface area contributed by atoms with Crippen LogP contribution in [0, 0.1) is 12.8 Å². The van der Waals surface area contributed by atoms with E-state index in [0.717, 1.165) is 18.3 Å². The van der Waals surface area contributed by atoms with E-state index in [1.807, 2.05) is 6.07 Å². The molecule has 0 aromatic heterocycles. The van der Waals surface area contributed by atoms with Crippen LogP contribution in [0.3, 0.4) is 0 Å². The topological polar surface area (TPSA) is 21.3 Å². The van der Waals surface area contributed by atoms with Crippen molar-refractivity contribution in [1.82, 2.24) is 5.32 Å². The molecule has 0 spiro atoms. The zero-order valence-electron chi connectivity index (χ0n) is 10.0. The van der Waals surface area contributed by atoms with Crippen LogP contribution in [0.5, 0.6) is 5.75 Å². The van der Waals surface area contributed by atoms with Crippen molar-refractivity contribution in [2.24, 2.45) is 5.92 Å². The third-order valence-corrected chi connectivity index (χ3v) is 3.24. The molecular formula is C14H21NO. The molecule has 0 saturated carbocycles. The normalized spacial score (nSPS) is 17.3. The molecule has 2 nitrogen and oxygen atoms in total. The lowest BCUT2D eigenvalue weighted by atomic mass is 9.95. The minimum atomic E-state index is 0.853. The fourth-order valence-electron chi connectivity index (χ4n) is 2.22. The molecule has 2 heteroatoms. The average Bonchev–Trinajstić information content (AvgIpc) is 2.30. The fraction of sp³-hybridized carbons (Fsp3) is 0.571. The lowest BCUT2D eigenvalue weighted by Gasteiger charge is -2.22. The molecule has 0 atom stereocenters. The van der Waals surface area contributed by atoms with Crippen LogP contribution in [0.2, 0.25) is 0 Å². The van der Waals surface area contributed by atoms with E-state index in [9.17, 15) is 0 Å². The largest absolute Gasteiger partial charge is 0.494 e. The van der Waals surface area contributed by atoms with Gasteiger partial charge < -0.3 is 10.1 Å². The minimum Gasteiger partial charge on any atom is -0.494 e. The van der Waals surface area contributed by atoms with Crippen LogP contribution in [-0.2, 0) is 0 Å². The Morgan fingerprint density at radius 3 is 2.88 bits per heavy atom. The first kappa shape index (κ1) is 11.5. The molecular weight excluding hydrogens is 198 g/mol. The Bertz CT molecular complexity index is 318. The van der Waals surface area contributed by atoms with Crippen LogP contribution in [0.4, 0.5) is 0 Å². The number of rotatable bonds is 4. The first-order chi connectivity index (χ1) is 7.84. The SMILES string of the molecule is Cc1cccc(OCCC2CCNCC2)c1. The van der Waals surface area contributed by atoms with Gasteiger partial charge in [0.2, 0.25) is 0 Å². The van der Waals surface area contributed by atoms with E-state index in [0.29, 0.717) is 0 Å². The summed E-state index contributed by atoms with van der Waals surface area (Å²) in [7, 11) is 0. The molecule has 1 aromatic rings. The van der Waals surface area contributed by atoms with Crippen LogP contribution in [0.1, 0.15) is 24.8 Å². The molecule has 1 N–H and O–H groups in total. The molecule has 1 aromatic carbocycles. The highest BCUT2D eigenvalue weighted by atomic mass is 16.5. The van der Waals surface area contributed by atoms with Crippen molar-refractivity contribution >= 4 is 0 Å². The van der Waals surface area contributed by atoms with Gasteiger partial charge in [-0.3, -0.25) is 0 Å². The van der Waals surface area contributed by atoms with Gasteiger partial charge in [-0.05, 0) is 62.9 Å². The van der Waals surface area contributed by atoms with Crippen molar-refractivity contribution < 1.29 is 4.74 Å².